The van der Waals surface area contributed by atoms with E-state index in [-0.39, 0.29) is 11.6 Å². The second kappa shape index (κ2) is 11.8. The largest absolute Gasteiger partial charge is 0.294 e. The summed E-state index contributed by atoms with van der Waals surface area (Å²) in [6, 6.07) is 8.22. The highest BCUT2D eigenvalue weighted by atomic mass is 16.1. The van der Waals surface area contributed by atoms with Crippen molar-refractivity contribution in [3.05, 3.63) is 68.8 Å². The van der Waals surface area contributed by atoms with Crippen molar-refractivity contribution in [3.8, 4) is 0 Å². The van der Waals surface area contributed by atoms with Gasteiger partial charge in [0.05, 0.1) is 0 Å². The summed E-state index contributed by atoms with van der Waals surface area (Å²) in [5.74, 6) is 0.251. The lowest BCUT2D eigenvalue weighted by Gasteiger charge is -2.10. The molecular formula is C29H38N2O2. The second-order valence-electron chi connectivity index (χ2n) is 9.33. The number of carbonyl (C=O) groups excluding carboxylic acids is 2. The molecule has 2 aromatic carbocycles. The van der Waals surface area contributed by atoms with Crippen LogP contribution in [0.25, 0.3) is 0 Å². The van der Waals surface area contributed by atoms with E-state index < -0.39 is 0 Å². The van der Waals surface area contributed by atoms with E-state index in [2.05, 4.69) is 34.3 Å². The van der Waals surface area contributed by atoms with Gasteiger partial charge in [-0.25, -0.2) is 0 Å². The highest BCUT2D eigenvalue weighted by Gasteiger charge is 2.15. The van der Waals surface area contributed by atoms with Gasteiger partial charge in [-0.05, 0) is 84.1 Å². The van der Waals surface area contributed by atoms with E-state index in [0.29, 0.717) is 25.9 Å². The zero-order valence-corrected chi connectivity index (χ0v) is 21.6. The molecule has 0 heterocycles. The van der Waals surface area contributed by atoms with Gasteiger partial charge in [0.15, 0.2) is 11.6 Å². The molecule has 33 heavy (non-hydrogen) atoms. The summed E-state index contributed by atoms with van der Waals surface area (Å²) in [7, 11) is 0. The molecule has 4 heteroatoms. The van der Waals surface area contributed by atoms with Crippen LogP contribution in [0, 0.1) is 41.5 Å². The van der Waals surface area contributed by atoms with Crippen molar-refractivity contribution >= 4 is 23.0 Å². The number of aliphatic imine (C=N–C) groups is 2. The van der Waals surface area contributed by atoms with Crippen LogP contribution in [0.15, 0.2) is 34.3 Å². The number of nitrogens with zero attached hydrogens (tertiary/aromatic N) is 2. The van der Waals surface area contributed by atoms with Crippen molar-refractivity contribution < 1.29 is 9.59 Å². The zero-order chi connectivity index (χ0) is 24.7. The van der Waals surface area contributed by atoms with Crippen molar-refractivity contribution in [1.82, 2.24) is 0 Å². The minimum absolute atomic E-state index is 0.125. The van der Waals surface area contributed by atoms with Crippen LogP contribution in [0.3, 0.4) is 0 Å². The predicted molar refractivity (Wildman–Crippen MR) is 140 cm³/mol. The molecule has 0 bridgehead atoms. The smallest absolute Gasteiger partial charge is 0.168 e. The van der Waals surface area contributed by atoms with E-state index in [0.717, 1.165) is 51.2 Å². The standard InChI is InChI=1S/C29H38N2O2/c1-18-12-20(3)28(21(4)13-18)26(32)16-24(7)30-10-9-11-31-25(8)17-27(33)29-22(5)14-19(2)15-23(29)6/h12-15H,9-11,16-17H2,1-8H3. The SMILES string of the molecule is CC(CC(=O)c1c(C)cc(C)cc1C)=NCCCN=C(C)CC(=O)c1c(C)cc(C)cc1C. The fraction of sp³-hybridized carbons (Fsp3) is 0.448. The molecule has 4 nitrogen and oxygen atoms in total. The minimum atomic E-state index is 0.125. The van der Waals surface area contributed by atoms with Crippen LogP contribution >= 0.6 is 0 Å². The normalized spacial score (nSPS) is 12.2. The first kappa shape index (κ1) is 26.4. The number of aryl methyl sites for hydroxylation is 6. The third kappa shape index (κ3) is 7.59. The lowest BCUT2D eigenvalue weighted by molar-refractivity contribution is 0.0991. The lowest BCUT2D eigenvalue weighted by Crippen LogP contribution is -2.10. The van der Waals surface area contributed by atoms with Crippen molar-refractivity contribution in [2.45, 2.75) is 74.7 Å². The third-order valence-electron chi connectivity index (χ3n) is 5.82. The number of hydrogen-bond donors (Lipinski definition) is 0. The lowest BCUT2D eigenvalue weighted by atomic mass is 9.94. The monoisotopic (exact) mass is 446 g/mol. The number of rotatable bonds is 10. The molecule has 0 aromatic heterocycles. The molecule has 0 radical (unpaired) electrons. The minimum Gasteiger partial charge on any atom is -0.294 e. The average molecular weight is 447 g/mol. The number of Topliss-reactive ketones (excluding diaryl/α,β-unsaturated/α-hetero) is 2. The van der Waals surface area contributed by atoms with Crippen LogP contribution in [0.2, 0.25) is 0 Å². The number of carbonyl (C=O) groups is 2. The maximum Gasteiger partial charge on any atom is 0.168 e. The van der Waals surface area contributed by atoms with E-state index in [9.17, 15) is 9.59 Å². The zero-order valence-electron chi connectivity index (χ0n) is 21.6. The molecule has 176 valence electrons. The van der Waals surface area contributed by atoms with Crippen LogP contribution in [0.5, 0.6) is 0 Å². The van der Waals surface area contributed by atoms with Crippen LogP contribution in [-0.2, 0) is 0 Å². The van der Waals surface area contributed by atoms with Crippen LogP contribution in [0.4, 0.5) is 0 Å². The predicted octanol–water partition coefficient (Wildman–Crippen LogP) is 6.69. The number of benzene rings is 2. The van der Waals surface area contributed by atoms with Crippen LogP contribution in [-0.4, -0.2) is 36.1 Å². The molecule has 0 aliphatic carbocycles. The summed E-state index contributed by atoms with van der Waals surface area (Å²) in [6.45, 7) is 17.2. The Morgan fingerprint density at radius 1 is 0.606 bits per heavy atom. The van der Waals surface area contributed by atoms with Gasteiger partial charge in [0.2, 0.25) is 0 Å². The molecule has 0 saturated heterocycles. The molecule has 2 aromatic rings. The quantitative estimate of drug-likeness (QED) is 0.232. The van der Waals surface area contributed by atoms with Gasteiger partial charge in [0.25, 0.3) is 0 Å². The van der Waals surface area contributed by atoms with Gasteiger partial charge in [-0.1, -0.05) is 35.4 Å². The van der Waals surface area contributed by atoms with Gasteiger partial charge < -0.3 is 0 Å². The van der Waals surface area contributed by atoms with Crippen LogP contribution in [0.1, 0.15) is 87.2 Å². The number of hydrogen-bond acceptors (Lipinski definition) is 4. The Kier molecular flexibility index (Phi) is 9.45. The molecule has 0 saturated carbocycles. The van der Waals surface area contributed by atoms with Gasteiger partial charge in [-0.3, -0.25) is 19.6 Å². The highest BCUT2D eigenvalue weighted by Crippen LogP contribution is 2.19. The highest BCUT2D eigenvalue weighted by molar-refractivity contribution is 6.11. The van der Waals surface area contributed by atoms with Gasteiger partial charge in [-0.2, -0.15) is 0 Å². The fourth-order valence-electron chi connectivity index (χ4n) is 4.60. The number of ketones is 2. The summed E-state index contributed by atoms with van der Waals surface area (Å²) in [5.41, 5.74) is 9.80. The Hall–Kier alpha value is -2.88. The summed E-state index contributed by atoms with van der Waals surface area (Å²) in [5, 5.41) is 0. The first-order valence-corrected chi connectivity index (χ1v) is 11.7. The molecule has 0 N–H and O–H groups in total. The molecule has 2 rings (SSSR count). The summed E-state index contributed by atoms with van der Waals surface area (Å²) in [4.78, 5) is 34.6. The van der Waals surface area contributed by atoms with Crippen molar-refractivity contribution in [2.24, 2.45) is 9.98 Å². The summed E-state index contributed by atoms with van der Waals surface area (Å²) >= 11 is 0. The van der Waals surface area contributed by atoms with E-state index >= 15 is 0 Å². The van der Waals surface area contributed by atoms with Gasteiger partial charge in [0.1, 0.15) is 0 Å². The molecule has 0 amide bonds. The van der Waals surface area contributed by atoms with E-state index in [1.807, 2.05) is 55.4 Å². The maximum absolute atomic E-state index is 12.7. The Balaban J connectivity index is 1.85. The van der Waals surface area contributed by atoms with E-state index in [4.69, 9.17) is 0 Å². The molecule has 0 atom stereocenters. The van der Waals surface area contributed by atoms with Gasteiger partial charge >= 0.3 is 0 Å². The Morgan fingerprint density at radius 2 is 0.909 bits per heavy atom. The van der Waals surface area contributed by atoms with Gasteiger partial charge in [0, 0.05) is 48.5 Å². The van der Waals surface area contributed by atoms with Gasteiger partial charge in [-0.15, -0.1) is 0 Å². The first-order chi connectivity index (χ1) is 15.5. The van der Waals surface area contributed by atoms with Crippen molar-refractivity contribution in [3.63, 3.8) is 0 Å². The first-order valence-electron chi connectivity index (χ1n) is 11.7. The van der Waals surface area contributed by atoms with Crippen molar-refractivity contribution in [2.75, 3.05) is 13.1 Å². The molecule has 0 aliphatic rings. The topological polar surface area (TPSA) is 58.9 Å². The third-order valence-corrected chi connectivity index (χ3v) is 5.82. The molecule has 0 fully saturated rings. The Labute approximate surface area is 199 Å². The molecular weight excluding hydrogens is 408 g/mol. The Morgan fingerprint density at radius 3 is 1.21 bits per heavy atom. The second-order valence-corrected chi connectivity index (χ2v) is 9.33. The fourth-order valence-corrected chi connectivity index (χ4v) is 4.60. The van der Waals surface area contributed by atoms with E-state index in [1.165, 1.54) is 11.1 Å². The maximum atomic E-state index is 12.7. The van der Waals surface area contributed by atoms with Crippen LogP contribution < -0.4 is 0 Å². The Bertz CT molecular complexity index is 973. The average Bonchev–Trinajstić information content (AvgIpc) is 2.65. The summed E-state index contributed by atoms with van der Waals surface area (Å²) in [6.07, 6.45) is 1.48. The van der Waals surface area contributed by atoms with E-state index in [1.54, 1.807) is 0 Å². The molecule has 0 aliphatic heterocycles. The molecule has 0 unspecified atom stereocenters. The van der Waals surface area contributed by atoms with Crippen molar-refractivity contribution in [1.29, 1.82) is 0 Å². The molecule has 0 spiro atoms. The summed E-state index contributed by atoms with van der Waals surface area (Å²) < 4.78 is 0.